The van der Waals surface area contributed by atoms with Crippen molar-refractivity contribution in [2.75, 3.05) is 63.1 Å². The molecule has 2 fully saturated rings. The van der Waals surface area contributed by atoms with E-state index >= 15 is 0 Å². The number of hydrogen-bond donors (Lipinski definition) is 4. The maximum Gasteiger partial charge on any atom is 0.242 e. The van der Waals surface area contributed by atoms with Crippen LogP contribution < -0.4 is 20.1 Å². The Morgan fingerprint density at radius 2 is 1.08 bits per heavy atom. The minimum absolute atomic E-state index is 0. The third-order valence-corrected chi connectivity index (χ3v) is 8.71. The van der Waals surface area contributed by atoms with Crippen molar-refractivity contribution >= 4 is 11.9 Å². The molecule has 2 saturated heterocycles. The molecule has 0 saturated carbocycles. The average Bonchev–Trinajstić information content (AvgIpc) is 3.73. The zero-order chi connectivity index (χ0) is 35.0. The van der Waals surface area contributed by atoms with Gasteiger partial charge in [-0.15, -0.1) is 0 Å². The van der Waals surface area contributed by atoms with Gasteiger partial charge in [0.05, 0.1) is 25.4 Å². The number of tetrazole rings is 2. The minimum atomic E-state index is -0.128. The first-order valence-electron chi connectivity index (χ1n) is 17.6. The summed E-state index contributed by atoms with van der Waals surface area (Å²) >= 11 is 0. The lowest BCUT2D eigenvalue weighted by molar-refractivity contribution is 0.0790. The fourth-order valence-corrected chi connectivity index (χ4v) is 5.82. The molecule has 0 atom stereocenters. The van der Waals surface area contributed by atoms with Crippen molar-refractivity contribution in [3.63, 3.8) is 0 Å². The van der Waals surface area contributed by atoms with Gasteiger partial charge in [0.1, 0.15) is 11.5 Å². The number of hydrogen-bond acceptors (Lipinski definition) is 14. The molecule has 51 heavy (non-hydrogen) atoms. The van der Waals surface area contributed by atoms with E-state index in [1.807, 2.05) is 24.3 Å². The molecule has 0 spiro atoms. The molecule has 0 radical (unpaired) electrons. The van der Waals surface area contributed by atoms with E-state index in [1.165, 1.54) is 11.1 Å². The van der Waals surface area contributed by atoms with Crippen LogP contribution in [0.15, 0.2) is 48.5 Å². The van der Waals surface area contributed by atoms with Gasteiger partial charge in [-0.1, -0.05) is 34.5 Å². The predicted octanol–water partition coefficient (Wildman–Crippen LogP) is 1.27. The maximum atomic E-state index is 9.59. The van der Waals surface area contributed by atoms with Crippen LogP contribution in [0.2, 0.25) is 0 Å². The molecule has 280 valence electrons. The summed E-state index contributed by atoms with van der Waals surface area (Å²) < 4.78 is 14.9. The third-order valence-electron chi connectivity index (χ3n) is 8.71. The van der Waals surface area contributed by atoms with E-state index in [0.29, 0.717) is 25.1 Å². The molecule has 6 rings (SSSR count). The average molecular weight is 711 g/mol. The molecule has 6 N–H and O–H groups in total. The van der Waals surface area contributed by atoms with E-state index in [9.17, 15) is 10.2 Å². The molecule has 2 aromatic carbocycles. The highest BCUT2D eigenvalue weighted by atomic mass is 16.5. The Labute approximate surface area is 299 Å². The highest BCUT2D eigenvalue weighted by Crippen LogP contribution is 2.19. The number of anilines is 2. The van der Waals surface area contributed by atoms with Crippen molar-refractivity contribution in [2.24, 2.45) is 14.1 Å². The Kier molecular flexibility index (Phi) is 16.3. The van der Waals surface area contributed by atoms with Crippen molar-refractivity contribution in [3.8, 4) is 11.5 Å². The summed E-state index contributed by atoms with van der Waals surface area (Å²) in [5.41, 5.74) is 2.49. The van der Waals surface area contributed by atoms with Crippen LogP contribution in [0, 0.1) is 0 Å². The van der Waals surface area contributed by atoms with E-state index in [1.54, 1.807) is 23.5 Å². The number of nitrogens with one attached hydrogen (secondary N) is 2. The van der Waals surface area contributed by atoms with Crippen LogP contribution in [0.25, 0.3) is 0 Å². The Morgan fingerprint density at radius 3 is 1.45 bits per heavy atom. The molecule has 0 aliphatic carbocycles. The Bertz CT molecular complexity index is 1430. The summed E-state index contributed by atoms with van der Waals surface area (Å²) in [7, 11) is 3.60. The molecule has 17 nitrogen and oxygen atoms in total. The molecule has 0 unspecified atom stereocenters. The lowest BCUT2D eigenvalue weighted by Crippen LogP contribution is -2.35. The monoisotopic (exact) mass is 710 g/mol. The Balaban J connectivity index is 0.000000224. The largest absolute Gasteiger partial charge is 0.494 e. The molecule has 0 amide bonds. The van der Waals surface area contributed by atoms with E-state index in [-0.39, 0.29) is 17.7 Å². The van der Waals surface area contributed by atoms with Gasteiger partial charge in [-0.25, -0.2) is 9.36 Å². The second-order valence-corrected chi connectivity index (χ2v) is 12.8. The Hall–Kier alpha value is -4.42. The number of piperidine rings is 2. The standard InChI is InChI=1S/2C17H26N6O2.H2O/c2*1-22-17(19-20-21-22)18-8-3-11-25-16-5-2-4-14(12-16)13-23-9-6-15(24)7-10-23;/h2*2,4-5,12,15,24H,3,6-11,13H2,1H3,(H,18,19,21);1H2. The van der Waals surface area contributed by atoms with Gasteiger partial charge in [-0.05, 0) is 94.8 Å². The quantitative estimate of drug-likeness (QED) is 0.121. The number of aliphatic hydroxyl groups is 2. The van der Waals surface area contributed by atoms with Gasteiger partial charge < -0.3 is 35.8 Å². The van der Waals surface area contributed by atoms with E-state index in [4.69, 9.17) is 9.47 Å². The fourth-order valence-electron chi connectivity index (χ4n) is 5.82. The van der Waals surface area contributed by atoms with Crippen LogP contribution in [0.3, 0.4) is 0 Å². The summed E-state index contributed by atoms with van der Waals surface area (Å²) in [6.07, 6.45) is 4.93. The summed E-state index contributed by atoms with van der Waals surface area (Å²) in [6.45, 7) is 8.41. The van der Waals surface area contributed by atoms with Crippen LogP contribution >= 0.6 is 0 Å². The van der Waals surface area contributed by atoms with Gasteiger partial charge in [0.2, 0.25) is 11.9 Å². The van der Waals surface area contributed by atoms with E-state index in [0.717, 1.165) is 102 Å². The van der Waals surface area contributed by atoms with E-state index in [2.05, 4.69) is 75.7 Å². The third kappa shape index (κ3) is 13.7. The van der Waals surface area contributed by atoms with Gasteiger partial charge >= 0.3 is 0 Å². The van der Waals surface area contributed by atoms with Gasteiger partial charge in [-0.3, -0.25) is 9.80 Å². The smallest absolute Gasteiger partial charge is 0.242 e. The SMILES string of the molecule is Cn1nnnc1NCCCOc1cccc(CN2CCC(O)CC2)c1.Cn1nnnc1NCCCOc1cccc(CN2CCC(O)CC2)c1.O. The minimum Gasteiger partial charge on any atom is -0.494 e. The lowest BCUT2D eigenvalue weighted by Gasteiger charge is -2.29. The zero-order valence-corrected chi connectivity index (χ0v) is 29.8. The van der Waals surface area contributed by atoms with Crippen molar-refractivity contribution in [3.05, 3.63) is 59.7 Å². The van der Waals surface area contributed by atoms with Crippen LogP contribution in [0.4, 0.5) is 11.9 Å². The molecule has 2 aromatic heterocycles. The van der Waals surface area contributed by atoms with E-state index < -0.39 is 0 Å². The number of ether oxygens (including phenoxy) is 2. The number of rotatable bonds is 16. The number of nitrogens with zero attached hydrogens (tertiary/aromatic N) is 10. The van der Waals surface area contributed by atoms with Crippen molar-refractivity contribution < 1.29 is 25.2 Å². The normalized spacial score (nSPS) is 15.8. The summed E-state index contributed by atoms with van der Waals surface area (Å²) in [6, 6.07) is 16.5. The topological polar surface area (TPSA) is 208 Å². The Morgan fingerprint density at radius 1 is 0.667 bits per heavy atom. The predicted molar refractivity (Wildman–Crippen MR) is 192 cm³/mol. The second kappa shape index (κ2) is 21.1. The lowest BCUT2D eigenvalue weighted by atomic mass is 10.1. The fraction of sp³-hybridized carbons (Fsp3) is 0.588. The van der Waals surface area contributed by atoms with Gasteiger partial charge in [0.15, 0.2) is 0 Å². The van der Waals surface area contributed by atoms with Gasteiger partial charge in [-0.2, -0.15) is 0 Å². The zero-order valence-electron chi connectivity index (χ0n) is 29.8. The number of likely N-dealkylation sites (tertiary alicyclic amines) is 2. The summed E-state index contributed by atoms with van der Waals surface area (Å²) in [4.78, 5) is 4.76. The van der Waals surface area contributed by atoms with Crippen LogP contribution in [-0.4, -0.2) is 131 Å². The number of aromatic nitrogens is 8. The van der Waals surface area contributed by atoms with Crippen LogP contribution in [0.5, 0.6) is 11.5 Å². The molecule has 17 heteroatoms. The molecule has 2 aliphatic heterocycles. The number of benzene rings is 2. The van der Waals surface area contributed by atoms with Crippen LogP contribution in [0.1, 0.15) is 49.7 Å². The molecule has 4 aromatic rings. The first-order valence-corrected chi connectivity index (χ1v) is 17.6. The van der Waals surface area contributed by atoms with Crippen LogP contribution in [-0.2, 0) is 27.2 Å². The summed E-state index contributed by atoms with van der Waals surface area (Å²) in [5, 5.41) is 48.0. The molecule has 2 aliphatic rings. The highest BCUT2D eigenvalue weighted by Gasteiger charge is 2.18. The molecular formula is C34H54N12O5. The van der Waals surface area contributed by atoms with Crippen molar-refractivity contribution in [2.45, 2.75) is 63.8 Å². The van der Waals surface area contributed by atoms with Crippen molar-refractivity contribution in [1.82, 2.24) is 50.2 Å². The van der Waals surface area contributed by atoms with Gasteiger partial charge in [0.25, 0.3) is 0 Å². The summed E-state index contributed by atoms with van der Waals surface area (Å²) in [5.74, 6) is 3.12. The van der Waals surface area contributed by atoms with Crippen molar-refractivity contribution in [1.29, 1.82) is 0 Å². The highest BCUT2D eigenvalue weighted by molar-refractivity contribution is 5.29. The van der Waals surface area contributed by atoms with Gasteiger partial charge in [0, 0.05) is 66.5 Å². The number of aryl methyl sites for hydroxylation is 2. The molecule has 0 bridgehead atoms. The first-order chi connectivity index (χ1) is 24.4. The molecule has 4 heterocycles. The first kappa shape index (κ1) is 39.4. The second-order valence-electron chi connectivity index (χ2n) is 12.8. The number of aliphatic hydroxyl groups excluding tert-OH is 2. The maximum absolute atomic E-state index is 9.59. The molecular weight excluding hydrogens is 656 g/mol.